The summed E-state index contributed by atoms with van der Waals surface area (Å²) in [5.41, 5.74) is -0.490. The van der Waals surface area contributed by atoms with Gasteiger partial charge in [0.25, 0.3) is 5.91 Å². The molecule has 2 N–H and O–H groups in total. The first-order valence-electron chi connectivity index (χ1n) is 5.07. The fraction of sp³-hybridized carbons (Fsp3) is 0.455. The molecule has 0 radical (unpaired) electrons. The number of carbonyl (C=O) groups is 2. The van der Waals surface area contributed by atoms with Gasteiger partial charge in [-0.1, -0.05) is 0 Å². The normalized spacial score (nSPS) is 11.3. The SMILES string of the molecule is Cn1cc(Br)cc1C(=O)NCC(C)(C)C(=O)O. The molecule has 94 valence electrons. The van der Waals surface area contributed by atoms with Crippen LogP contribution in [0.25, 0.3) is 0 Å². The summed E-state index contributed by atoms with van der Waals surface area (Å²) >= 11 is 3.27. The number of aromatic nitrogens is 1. The number of aryl methyl sites for hydroxylation is 1. The molecule has 0 saturated heterocycles. The van der Waals surface area contributed by atoms with E-state index in [4.69, 9.17) is 5.11 Å². The smallest absolute Gasteiger partial charge is 0.310 e. The van der Waals surface area contributed by atoms with Crippen molar-refractivity contribution in [2.45, 2.75) is 13.8 Å². The average Bonchev–Trinajstić information content (AvgIpc) is 2.54. The van der Waals surface area contributed by atoms with Crippen LogP contribution in [-0.2, 0) is 11.8 Å². The minimum Gasteiger partial charge on any atom is -0.481 e. The Labute approximate surface area is 108 Å². The van der Waals surface area contributed by atoms with Crippen molar-refractivity contribution in [3.05, 3.63) is 22.4 Å². The quantitative estimate of drug-likeness (QED) is 0.888. The summed E-state index contributed by atoms with van der Waals surface area (Å²) in [5.74, 6) is -1.22. The van der Waals surface area contributed by atoms with E-state index in [9.17, 15) is 9.59 Å². The maximum absolute atomic E-state index is 11.8. The highest BCUT2D eigenvalue weighted by molar-refractivity contribution is 9.10. The molecule has 0 aliphatic heterocycles. The molecule has 1 heterocycles. The standard InChI is InChI=1S/C11H15BrN2O3/c1-11(2,10(16)17)6-13-9(15)8-4-7(12)5-14(8)3/h4-5H,6H2,1-3H3,(H,13,15)(H,16,17). The maximum atomic E-state index is 11.8. The lowest BCUT2D eigenvalue weighted by Gasteiger charge is -2.19. The number of nitrogens with one attached hydrogen (secondary N) is 1. The Kier molecular flexibility index (Phi) is 3.98. The molecule has 0 atom stereocenters. The third kappa shape index (κ3) is 3.33. The van der Waals surface area contributed by atoms with Gasteiger partial charge in [0, 0.05) is 24.3 Å². The number of carboxylic acids is 1. The summed E-state index contributed by atoms with van der Waals surface area (Å²) < 4.78 is 2.48. The van der Waals surface area contributed by atoms with E-state index in [1.807, 2.05) is 0 Å². The topological polar surface area (TPSA) is 71.3 Å². The van der Waals surface area contributed by atoms with Gasteiger partial charge < -0.3 is 15.0 Å². The molecule has 1 amide bonds. The van der Waals surface area contributed by atoms with E-state index in [-0.39, 0.29) is 12.5 Å². The van der Waals surface area contributed by atoms with Gasteiger partial charge in [-0.05, 0) is 35.8 Å². The molecule has 0 aromatic carbocycles. The second kappa shape index (κ2) is 4.91. The molecule has 1 rings (SSSR count). The zero-order valence-corrected chi connectivity index (χ0v) is 11.5. The van der Waals surface area contributed by atoms with Crippen LogP contribution in [0.15, 0.2) is 16.7 Å². The van der Waals surface area contributed by atoms with Crippen LogP contribution in [0, 0.1) is 5.41 Å². The number of carbonyl (C=O) groups excluding carboxylic acids is 1. The average molecular weight is 303 g/mol. The van der Waals surface area contributed by atoms with Crippen LogP contribution in [0.3, 0.4) is 0 Å². The van der Waals surface area contributed by atoms with Gasteiger partial charge in [0.2, 0.25) is 0 Å². The van der Waals surface area contributed by atoms with Crippen LogP contribution >= 0.6 is 15.9 Å². The minimum absolute atomic E-state index is 0.0873. The highest BCUT2D eigenvalue weighted by Gasteiger charge is 2.28. The summed E-state index contributed by atoms with van der Waals surface area (Å²) in [6, 6.07) is 1.68. The third-order valence-electron chi connectivity index (χ3n) is 2.47. The molecule has 0 bridgehead atoms. The predicted molar refractivity (Wildman–Crippen MR) is 66.9 cm³/mol. The summed E-state index contributed by atoms with van der Waals surface area (Å²) in [6.45, 7) is 3.22. The van der Waals surface area contributed by atoms with E-state index in [2.05, 4.69) is 21.2 Å². The van der Waals surface area contributed by atoms with Gasteiger partial charge in [0.1, 0.15) is 5.69 Å². The van der Waals surface area contributed by atoms with E-state index in [1.165, 1.54) is 0 Å². The second-order valence-corrected chi connectivity index (χ2v) is 5.44. The Morgan fingerprint density at radius 1 is 1.53 bits per heavy atom. The summed E-state index contributed by atoms with van der Waals surface area (Å²) in [5, 5.41) is 11.5. The zero-order chi connectivity index (χ0) is 13.2. The molecular weight excluding hydrogens is 288 g/mol. The summed E-state index contributed by atoms with van der Waals surface area (Å²) in [6.07, 6.45) is 1.76. The first kappa shape index (κ1) is 13.8. The molecule has 0 spiro atoms. The fourth-order valence-electron chi connectivity index (χ4n) is 1.22. The van der Waals surface area contributed by atoms with Crippen molar-refractivity contribution in [3.8, 4) is 0 Å². The number of carboxylic acid groups (broad SMARTS) is 1. The molecule has 0 saturated carbocycles. The Balaban J connectivity index is 2.68. The number of rotatable bonds is 4. The third-order valence-corrected chi connectivity index (χ3v) is 2.91. The molecule has 1 aromatic heterocycles. The highest BCUT2D eigenvalue weighted by atomic mass is 79.9. The van der Waals surface area contributed by atoms with Gasteiger partial charge in [-0.2, -0.15) is 0 Å². The van der Waals surface area contributed by atoms with E-state index in [1.54, 1.807) is 37.7 Å². The first-order valence-corrected chi connectivity index (χ1v) is 5.87. The van der Waals surface area contributed by atoms with Crippen molar-refractivity contribution in [1.29, 1.82) is 0 Å². The molecule has 5 nitrogen and oxygen atoms in total. The van der Waals surface area contributed by atoms with E-state index in [0.29, 0.717) is 5.69 Å². The number of nitrogens with zero attached hydrogens (tertiary/aromatic N) is 1. The lowest BCUT2D eigenvalue weighted by Crippen LogP contribution is -2.39. The van der Waals surface area contributed by atoms with Crippen LogP contribution in [0.4, 0.5) is 0 Å². The molecule has 0 unspecified atom stereocenters. The van der Waals surface area contributed by atoms with E-state index >= 15 is 0 Å². The zero-order valence-electron chi connectivity index (χ0n) is 9.95. The summed E-state index contributed by atoms with van der Waals surface area (Å²) in [4.78, 5) is 22.7. The maximum Gasteiger partial charge on any atom is 0.310 e. The van der Waals surface area contributed by atoms with Crippen LogP contribution in [0.1, 0.15) is 24.3 Å². The number of aliphatic carboxylic acids is 1. The second-order valence-electron chi connectivity index (χ2n) is 4.53. The minimum atomic E-state index is -0.974. The Hall–Kier alpha value is -1.30. The van der Waals surface area contributed by atoms with E-state index < -0.39 is 11.4 Å². The van der Waals surface area contributed by atoms with Crippen LogP contribution < -0.4 is 5.32 Å². The molecular formula is C11H15BrN2O3. The Morgan fingerprint density at radius 3 is 2.53 bits per heavy atom. The lowest BCUT2D eigenvalue weighted by molar-refractivity contribution is -0.146. The molecule has 0 fully saturated rings. The van der Waals surface area contributed by atoms with Crippen LogP contribution in [-0.4, -0.2) is 28.1 Å². The molecule has 6 heteroatoms. The lowest BCUT2D eigenvalue weighted by atomic mass is 9.94. The molecule has 0 aliphatic carbocycles. The molecule has 0 aliphatic rings. The predicted octanol–water partition coefficient (Wildman–Crippen LogP) is 1.63. The first-order chi connectivity index (χ1) is 7.74. The van der Waals surface area contributed by atoms with Crippen molar-refractivity contribution in [2.24, 2.45) is 12.5 Å². The highest BCUT2D eigenvalue weighted by Crippen LogP contribution is 2.15. The van der Waals surface area contributed by atoms with E-state index in [0.717, 1.165) is 4.47 Å². The van der Waals surface area contributed by atoms with Crippen molar-refractivity contribution < 1.29 is 14.7 Å². The van der Waals surface area contributed by atoms with Crippen molar-refractivity contribution in [3.63, 3.8) is 0 Å². The van der Waals surface area contributed by atoms with Crippen molar-refractivity contribution in [1.82, 2.24) is 9.88 Å². The van der Waals surface area contributed by atoms with Crippen LogP contribution in [0.5, 0.6) is 0 Å². The largest absolute Gasteiger partial charge is 0.481 e. The van der Waals surface area contributed by atoms with Gasteiger partial charge in [-0.3, -0.25) is 9.59 Å². The van der Waals surface area contributed by atoms with Crippen molar-refractivity contribution >= 4 is 27.8 Å². The van der Waals surface area contributed by atoms with Crippen LogP contribution in [0.2, 0.25) is 0 Å². The van der Waals surface area contributed by atoms with Crippen molar-refractivity contribution in [2.75, 3.05) is 6.54 Å². The number of amides is 1. The molecule has 1 aromatic rings. The number of hydrogen-bond donors (Lipinski definition) is 2. The Bertz CT molecular complexity index is 452. The number of halogens is 1. The van der Waals surface area contributed by atoms with Gasteiger partial charge >= 0.3 is 5.97 Å². The van der Waals surface area contributed by atoms with Gasteiger partial charge in [0.15, 0.2) is 0 Å². The van der Waals surface area contributed by atoms with Gasteiger partial charge in [-0.15, -0.1) is 0 Å². The molecule has 17 heavy (non-hydrogen) atoms. The number of hydrogen-bond acceptors (Lipinski definition) is 2. The monoisotopic (exact) mass is 302 g/mol. The summed E-state index contributed by atoms with van der Waals surface area (Å²) in [7, 11) is 1.75. The fourth-order valence-corrected chi connectivity index (χ4v) is 1.74. The van der Waals surface area contributed by atoms with Gasteiger partial charge in [0.05, 0.1) is 5.41 Å². The van der Waals surface area contributed by atoms with Gasteiger partial charge in [-0.25, -0.2) is 0 Å². The Morgan fingerprint density at radius 2 is 2.12 bits per heavy atom.